The Bertz CT molecular complexity index is 426. The van der Waals surface area contributed by atoms with E-state index in [4.69, 9.17) is 0 Å². The number of hydrogen-bond acceptors (Lipinski definition) is 0. The number of hydrogen-bond donors (Lipinski definition) is 0. The summed E-state index contributed by atoms with van der Waals surface area (Å²) in [6.07, 6.45) is 3.84. The summed E-state index contributed by atoms with van der Waals surface area (Å²) in [5.41, 5.74) is 1.16. The molecule has 0 bridgehead atoms. The molecule has 0 saturated carbocycles. The molecule has 0 aromatic rings. The van der Waals surface area contributed by atoms with Crippen LogP contribution in [0.15, 0.2) is 0 Å². The van der Waals surface area contributed by atoms with Gasteiger partial charge in [-0.1, -0.05) is 163 Å². The molecular formula is C36H75Cr. The van der Waals surface area contributed by atoms with Crippen molar-refractivity contribution in [2.24, 2.45) is 51.8 Å². The molecule has 0 aromatic heterocycles. The second kappa shape index (κ2) is 19.6. The molecule has 0 aliphatic rings. The standard InChI is InChI=1S/3C12H25.Cr/c3*1-9(2)8-11(10(3)4)12(5,6)7;/h3*9-10H,8H2,1-7H3;/q3*-1;+3. The SMILES string of the molecule is CC(C)C[C-](C(C)C)C(C)(C)C.CC(C)C[C-](C(C)C)C(C)(C)C.CC(C)C[C-](C(C)C)C(C)(C)C.[Cr+3]. The van der Waals surface area contributed by atoms with Crippen LogP contribution in [-0.4, -0.2) is 0 Å². The predicted octanol–water partition coefficient (Wildman–Crippen LogP) is 12.9. The predicted molar refractivity (Wildman–Crippen MR) is 171 cm³/mol. The third-order valence-corrected chi connectivity index (χ3v) is 6.87. The molecule has 0 aliphatic heterocycles. The van der Waals surface area contributed by atoms with Crippen molar-refractivity contribution in [3.8, 4) is 0 Å². The van der Waals surface area contributed by atoms with Crippen LogP contribution in [0.25, 0.3) is 0 Å². The Labute approximate surface area is 250 Å². The maximum absolute atomic E-state index is 2.32. The van der Waals surface area contributed by atoms with Gasteiger partial charge in [-0.25, -0.2) is 0 Å². The summed E-state index contributed by atoms with van der Waals surface area (Å²) in [6.45, 7) is 48.6. The summed E-state index contributed by atoms with van der Waals surface area (Å²) >= 11 is 0. The average molecular weight is 560 g/mol. The Balaban J connectivity index is -0.000000218. The van der Waals surface area contributed by atoms with E-state index >= 15 is 0 Å². The molecule has 0 fully saturated rings. The molecule has 0 N–H and O–H groups in total. The Morgan fingerprint density at radius 1 is 0.351 bits per heavy atom. The fraction of sp³-hybridized carbons (Fsp3) is 0.917. The van der Waals surface area contributed by atoms with Crippen molar-refractivity contribution < 1.29 is 17.4 Å². The van der Waals surface area contributed by atoms with Gasteiger partial charge in [0, 0.05) is 0 Å². The van der Waals surface area contributed by atoms with E-state index in [1.807, 2.05) is 0 Å². The summed E-state index contributed by atoms with van der Waals surface area (Å²) in [5, 5.41) is 0. The molecule has 0 nitrogen and oxygen atoms in total. The topological polar surface area (TPSA) is 0 Å². The van der Waals surface area contributed by atoms with E-state index in [9.17, 15) is 0 Å². The van der Waals surface area contributed by atoms with E-state index in [0.717, 1.165) is 35.5 Å². The molecule has 37 heavy (non-hydrogen) atoms. The molecule has 0 spiro atoms. The van der Waals surface area contributed by atoms with Gasteiger partial charge in [-0.15, -0.1) is 0 Å². The van der Waals surface area contributed by atoms with E-state index in [1.54, 1.807) is 17.8 Å². The molecular weight excluding hydrogens is 484 g/mol. The zero-order valence-electron chi connectivity index (χ0n) is 30.0. The van der Waals surface area contributed by atoms with Gasteiger partial charge in [-0.3, -0.25) is 0 Å². The van der Waals surface area contributed by atoms with Crippen LogP contribution in [0.1, 0.15) is 165 Å². The van der Waals surface area contributed by atoms with Gasteiger partial charge in [-0.05, 0) is 0 Å². The smallest absolute Gasteiger partial charge is 0.306 e. The molecule has 0 unspecified atom stereocenters. The van der Waals surface area contributed by atoms with E-state index in [1.165, 1.54) is 19.3 Å². The van der Waals surface area contributed by atoms with Crippen LogP contribution >= 0.6 is 0 Å². The summed E-state index contributed by atoms with van der Waals surface area (Å²) in [7, 11) is 0. The third-order valence-electron chi connectivity index (χ3n) is 6.87. The van der Waals surface area contributed by atoms with Crippen molar-refractivity contribution in [2.75, 3.05) is 0 Å². The van der Waals surface area contributed by atoms with Crippen LogP contribution in [0.5, 0.6) is 0 Å². The maximum Gasteiger partial charge on any atom is 3.00 e. The molecule has 0 atom stereocenters. The van der Waals surface area contributed by atoms with Crippen molar-refractivity contribution in [1.29, 1.82) is 0 Å². The van der Waals surface area contributed by atoms with Gasteiger partial charge in [0.2, 0.25) is 0 Å². The molecule has 0 aliphatic carbocycles. The van der Waals surface area contributed by atoms with Gasteiger partial charge in [-0.2, -0.15) is 53.3 Å². The van der Waals surface area contributed by atoms with Crippen molar-refractivity contribution in [2.45, 2.75) is 165 Å². The minimum atomic E-state index is 0. The average Bonchev–Trinajstić information content (AvgIpc) is 2.59. The first-order chi connectivity index (χ1) is 15.7. The van der Waals surface area contributed by atoms with Crippen LogP contribution in [0.2, 0.25) is 0 Å². The Hall–Kier alpha value is 0.532. The van der Waals surface area contributed by atoms with E-state index < -0.39 is 0 Å². The Kier molecular flexibility index (Phi) is 23.6. The zero-order chi connectivity index (χ0) is 29.8. The summed E-state index contributed by atoms with van der Waals surface area (Å²) in [5.74, 6) is 9.68. The maximum atomic E-state index is 2.32. The molecule has 0 saturated heterocycles. The van der Waals surface area contributed by atoms with Gasteiger partial charge in [0.05, 0.1) is 0 Å². The van der Waals surface area contributed by atoms with E-state index in [2.05, 4.69) is 145 Å². The van der Waals surface area contributed by atoms with Gasteiger partial charge in [0.1, 0.15) is 0 Å². The van der Waals surface area contributed by atoms with Crippen molar-refractivity contribution in [1.82, 2.24) is 0 Å². The first-order valence-corrected chi connectivity index (χ1v) is 15.3. The summed E-state index contributed by atoms with van der Waals surface area (Å²) in [6, 6.07) is 0. The molecule has 1 radical (unpaired) electrons. The fourth-order valence-electron chi connectivity index (χ4n) is 5.54. The molecule has 0 rings (SSSR count). The molecule has 0 aromatic carbocycles. The van der Waals surface area contributed by atoms with Crippen LogP contribution in [0, 0.1) is 69.5 Å². The summed E-state index contributed by atoms with van der Waals surface area (Å²) < 4.78 is 0. The minimum Gasteiger partial charge on any atom is -0.306 e. The normalized spacial score (nSPS) is 13.1. The quantitative estimate of drug-likeness (QED) is 0.246. The minimum absolute atomic E-state index is 0. The van der Waals surface area contributed by atoms with Gasteiger partial charge in [0.25, 0.3) is 0 Å². The Morgan fingerprint density at radius 2 is 0.486 bits per heavy atom. The zero-order valence-corrected chi connectivity index (χ0v) is 31.3. The summed E-state index contributed by atoms with van der Waals surface area (Å²) in [4.78, 5) is 0. The molecule has 0 heterocycles. The molecule has 0 amide bonds. The van der Waals surface area contributed by atoms with Crippen LogP contribution in [0.3, 0.4) is 0 Å². The first kappa shape index (κ1) is 44.5. The van der Waals surface area contributed by atoms with Crippen LogP contribution in [0.4, 0.5) is 0 Å². The third kappa shape index (κ3) is 24.1. The monoisotopic (exact) mass is 560 g/mol. The van der Waals surface area contributed by atoms with Gasteiger partial charge < -0.3 is 17.8 Å². The van der Waals surface area contributed by atoms with Crippen LogP contribution < -0.4 is 0 Å². The first-order valence-electron chi connectivity index (χ1n) is 15.3. The van der Waals surface area contributed by atoms with Crippen molar-refractivity contribution >= 4 is 0 Å². The largest absolute Gasteiger partial charge is 3.00 e. The second-order valence-electron chi connectivity index (χ2n) is 16.6. The van der Waals surface area contributed by atoms with Crippen molar-refractivity contribution in [3.05, 3.63) is 17.8 Å². The van der Waals surface area contributed by atoms with Crippen molar-refractivity contribution in [3.63, 3.8) is 0 Å². The number of rotatable bonds is 9. The van der Waals surface area contributed by atoms with Gasteiger partial charge >= 0.3 is 17.4 Å². The Morgan fingerprint density at radius 3 is 0.514 bits per heavy atom. The second-order valence-corrected chi connectivity index (χ2v) is 16.6. The van der Waals surface area contributed by atoms with Gasteiger partial charge in [0.15, 0.2) is 0 Å². The molecule has 225 valence electrons. The fourth-order valence-corrected chi connectivity index (χ4v) is 5.54. The van der Waals surface area contributed by atoms with Crippen LogP contribution in [-0.2, 0) is 17.4 Å². The van der Waals surface area contributed by atoms with E-state index in [-0.39, 0.29) is 17.4 Å². The molecule has 1 heteroatoms. The van der Waals surface area contributed by atoms with E-state index in [0.29, 0.717) is 16.2 Å².